The predicted octanol–water partition coefficient (Wildman–Crippen LogP) is 3.06. The second kappa shape index (κ2) is 6.87. The summed E-state index contributed by atoms with van der Waals surface area (Å²) in [5.41, 5.74) is 0.725. The summed E-state index contributed by atoms with van der Waals surface area (Å²) in [5, 5.41) is 4.90. The highest BCUT2D eigenvalue weighted by Gasteiger charge is 2.17. The second-order valence-electron chi connectivity index (χ2n) is 4.72. The van der Waals surface area contributed by atoms with E-state index in [0.717, 1.165) is 12.1 Å². The van der Waals surface area contributed by atoms with Crippen molar-refractivity contribution < 1.29 is 18.4 Å². The second-order valence-corrected chi connectivity index (χ2v) is 4.72. The van der Waals surface area contributed by atoms with Gasteiger partial charge in [0.2, 0.25) is 11.7 Å². The van der Waals surface area contributed by atoms with Gasteiger partial charge in [0.15, 0.2) is 5.89 Å². The minimum atomic E-state index is -0.623. The summed E-state index contributed by atoms with van der Waals surface area (Å²) >= 11 is 0. The van der Waals surface area contributed by atoms with Gasteiger partial charge in [0.1, 0.15) is 5.82 Å². The summed E-state index contributed by atoms with van der Waals surface area (Å²) in [6.45, 7) is 6.82. The van der Waals surface area contributed by atoms with Gasteiger partial charge in [0, 0.05) is 12.1 Å². The topological polar surface area (TPSA) is 84.2 Å². The molecule has 0 spiro atoms. The van der Waals surface area contributed by atoms with E-state index in [2.05, 4.69) is 22.2 Å². The summed E-state index contributed by atoms with van der Waals surface area (Å²) in [4.78, 5) is 27.6. The normalized spacial score (nSPS) is 10.2. The van der Waals surface area contributed by atoms with E-state index < -0.39 is 17.6 Å². The van der Waals surface area contributed by atoms with E-state index in [1.807, 2.05) is 6.92 Å². The van der Waals surface area contributed by atoms with Crippen LogP contribution in [0, 0.1) is 12.7 Å². The number of carbonyl (C=O) groups excluding carboxylic acids is 2. The van der Waals surface area contributed by atoms with Crippen molar-refractivity contribution in [3.05, 3.63) is 54.0 Å². The van der Waals surface area contributed by atoms with Gasteiger partial charge in [0.25, 0.3) is 5.91 Å². The van der Waals surface area contributed by atoms with E-state index in [1.165, 1.54) is 12.1 Å². The smallest absolute Gasteiger partial charge is 0.293 e. The first-order chi connectivity index (χ1) is 10.9. The molecule has 0 fully saturated rings. The number of aromatic nitrogens is 1. The van der Waals surface area contributed by atoms with E-state index in [9.17, 15) is 14.0 Å². The first-order valence-electron chi connectivity index (χ1n) is 6.95. The quantitative estimate of drug-likeness (QED) is 0.830. The molecule has 0 aliphatic carbocycles. The largest absolute Gasteiger partial charge is 0.435 e. The third-order valence-electron chi connectivity index (χ3n) is 3.02. The number of amides is 2. The minimum Gasteiger partial charge on any atom is -0.435 e. The van der Waals surface area contributed by atoms with Gasteiger partial charge in [-0.25, -0.2) is 9.37 Å². The lowest BCUT2D eigenvalue weighted by Gasteiger charge is -2.08. The maximum atomic E-state index is 13.6. The summed E-state index contributed by atoms with van der Waals surface area (Å²) in [6, 6.07) is 3.82. The highest BCUT2D eigenvalue weighted by Crippen LogP contribution is 2.21. The Morgan fingerprint density at radius 3 is 2.74 bits per heavy atom. The SMILES string of the molecule is C=CC(=O)Nc1cc(NC(=O)c2oc(CC)nc2C)ccc1F. The average molecular weight is 317 g/mol. The first kappa shape index (κ1) is 16.4. The Balaban J connectivity index is 2.20. The van der Waals surface area contributed by atoms with Crippen molar-refractivity contribution in [1.29, 1.82) is 0 Å². The standard InChI is InChI=1S/C16H16FN3O3/c1-4-13(21)20-12-8-10(6-7-11(12)17)19-16(22)15-9(3)18-14(5-2)23-15/h4,6-8H,1,5H2,2-3H3,(H,19,22)(H,20,21). The molecule has 1 aromatic heterocycles. The molecule has 120 valence electrons. The van der Waals surface area contributed by atoms with Gasteiger partial charge < -0.3 is 15.1 Å². The van der Waals surface area contributed by atoms with Gasteiger partial charge in [0.05, 0.1) is 11.4 Å². The summed E-state index contributed by atoms with van der Waals surface area (Å²) in [6.07, 6.45) is 1.59. The fourth-order valence-corrected chi connectivity index (χ4v) is 1.88. The molecular weight excluding hydrogens is 301 g/mol. The molecule has 2 rings (SSSR count). The fourth-order valence-electron chi connectivity index (χ4n) is 1.88. The van der Waals surface area contributed by atoms with Crippen LogP contribution in [0.3, 0.4) is 0 Å². The highest BCUT2D eigenvalue weighted by atomic mass is 19.1. The van der Waals surface area contributed by atoms with Crippen LogP contribution in [-0.4, -0.2) is 16.8 Å². The van der Waals surface area contributed by atoms with Crippen LogP contribution in [0.25, 0.3) is 0 Å². The summed E-state index contributed by atoms with van der Waals surface area (Å²) in [7, 11) is 0. The van der Waals surface area contributed by atoms with Crippen molar-refractivity contribution in [3.8, 4) is 0 Å². The molecule has 2 aromatic rings. The van der Waals surface area contributed by atoms with Gasteiger partial charge in [-0.3, -0.25) is 9.59 Å². The van der Waals surface area contributed by atoms with Crippen LogP contribution in [-0.2, 0) is 11.2 Å². The highest BCUT2D eigenvalue weighted by molar-refractivity contribution is 6.04. The van der Waals surface area contributed by atoms with Gasteiger partial charge >= 0.3 is 0 Å². The Bertz CT molecular complexity index is 768. The van der Waals surface area contributed by atoms with E-state index in [1.54, 1.807) is 6.92 Å². The number of benzene rings is 1. The molecule has 1 heterocycles. The van der Waals surface area contributed by atoms with Crippen molar-refractivity contribution in [2.45, 2.75) is 20.3 Å². The maximum absolute atomic E-state index is 13.6. The molecule has 2 amide bonds. The first-order valence-corrected chi connectivity index (χ1v) is 6.95. The van der Waals surface area contributed by atoms with Crippen LogP contribution in [0.1, 0.15) is 29.1 Å². The number of aryl methyl sites for hydroxylation is 2. The number of hydrogen-bond donors (Lipinski definition) is 2. The van der Waals surface area contributed by atoms with E-state index >= 15 is 0 Å². The van der Waals surface area contributed by atoms with E-state index in [0.29, 0.717) is 23.7 Å². The van der Waals surface area contributed by atoms with Crippen LogP contribution in [0.2, 0.25) is 0 Å². The monoisotopic (exact) mass is 317 g/mol. The fraction of sp³-hybridized carbons (Fsp3) is 0.188. The number of hydrogen-bond acceptors (Lipinski definition) is 4. The zero-order valence-electron chi connectivity index (χ0n) is 12.8. The molecule has 1 aromatic carbocycles. The van der Waals surface area contributed by atoms with Crippen molar-refractivity contribution in [2.75, 3.05) is 10.6 Å². The Morgan fingerprint density at radius 1 is 1.39 bits per heavy atom. The minimum absolute atomic E-state index is 0.0590. The summed E-state index contributed by atoms with van der Waals surface area (Å²) in [5.74, 6) is -1.11. The number of oxazole rings is 1. The van der Waals surface area contributed by atoms with Crippen LogP contribution in [0.15, 0.2) is 35.3 Å². The number of nitrogens with one attached hydrogen (secondary N) is 2. The molecule has 23 heavy (non-hydrogen) atoms. The van der Waals surface area contributed by atoms with Crippen molar-refractivity contribution in [2.24, 2.45) is 0 Å². The Hall–Kier alpha value is -2.96. The predicted molar refractivity (Wildman–Crippen MR) is 83.8 cm³/mol. The van der Waals surface area contributed by atoms with E-state index in [4.69, 9.17) is 4.42 Å². The lowest BCUT2D eigenvalue weighted by Crippen LogP contribution is -2.14. The van der Waals surface area contributed by atoms with Gasteiger partial charge in [-0.1, -0.05) is 13.5 Å². The third kappa shape index (κ3) is 3.82. The molecular formula is C16H16FN3O3. The zero-order valence-corrected chi connectivity index (χ0v) is 12.8. The molecule has 7 heteroatoms. The Morgan fingerprint density at radius 2 is 2.13 bits per heavy atom. The van der Waals surface area contributed by atoms with Crippen molar-refractivity contribution >= 4 is 23.2 Å². The van der Waals surface area contributed by atoms with E-state index in [-0.39, 0.29) is 11.4 Å². The number of nitrogens with zero attached hydrogens (tertiary/aromatic N) is 1. The summed E-state index contributed by atoms with van der Waals surface area (Å²) < 4.78 is 19.0. The van der Waals surface area contributed by atoms with Crippen molar-refractivity contribution in [1.82, 2.24) is 4.98 Å². The number of halogens is 1. The van der Waals surface area contributed by atoms with Crippen LogP contribution in [0.5, 0.6) is 0 Å². The number of carbonyl (C=O) groups is 2. The molecule has 2 N–H and O–H groups in total. The Kier molecular flexibility index (Phi) is 4.90. The number of rotatable bonds is 5. The lowest BCUT2D eigenvalue weighted by molar-refractivity contribution is -0.111. The molecule has 0 radical (unpaired) electrons. The molecule has 0 atom stereocenters. The molecule has 0 saturated carbocycles. The molecule has 0 saturated heterocycles. The maximum Gasteiger partial charge on any atom is 0.293 e. The van der Waals surface area contributed by atoms with Crippen LogP contribution < -0.4 is 10.6 Å². The van der Waals surface area contributed by atoms with Crippen LogP contribution >= 0.6 is 0 Å². The number of anilines is 2. The molecule has 6 nitrogen and oxygen atoms in total. The average Bonchev–Trinajstić information content (AvgIpc) is 2.91. The third-order valence-corrected chi connectivity index (χ3v) is 3.02. The van der Waals surface area contributed by atoms with Gasteiger partial charge in [-0.05, 0) is 31.2 Å². The van der Waals surface area contributed by atoms with Gasteiger partial charge in [-0.2, -0.15) is 0 Å². The zero-order chi connectivity index (χ0) is 17.0. The molecule has 0 unspecified atom stereocenters. The molecule has 0 aliphatic rings. The Labute approximate surface area is 132 Å². The molecule has 0 bridgehead atoms. The lowest BCUT2D eigenvalue weighted by atomic mass is 10.2. The van der Waals surface area contributed by atoms with Gasteiger partial charge in [-0.15, -0.1) is 0 Å². The van der Waals surface area contributed by atoms with Crippen LogP contribution in [0.4, 0.5) is 15.8 Å². The van der Waals surface area contributed by atoms with Crippen molar-refractivity contribution in [3.63, 3.8) is 0 Å². The molecule has 0 aliphatic heterocycles.